The van der Waals surface area contributed by atoms with Crippen LogP contribution < -0.4 is 4.74 Å². The topological polar surface area (TPSA) is 49.8 Å². The number of hydrogen-bond donors (Lipinski definition) is 1. The number of nitrogens with zero attached hydrogens (tertiary/aromatic N) is 1. The van der Waals surface area contributed by atoms with E-state index < -0.39 is 17.7 Å². The lowest BCUT2D eigenvalue weighted by molar-refractivity contribution is -0.144. The Bertz CT molecular complexity index is 1090. The number of piperidine rings is 1. The number of halogens is 3. The maximum atomic E-state index is 14.4. The van der Waals surface area contributed by atoms with Crippen molar-refractivity contribution in [1.29, 1.82) is 0 Å². The molecule has 2 aromatic carbocycles. The minimum absolute atomic E-state index is 0.0675. The van der Waals surface area contributed by atoms with Gasteiger partial charge in [-0.3, -0.25) is 9.69 Å². The molecule has 0 amide bonds. The van der Waals surface area contributed by atoms with E-state index in [-0.39, 0.29) is 41.3 Å². The number of hydrogen-bond acceptors (Lipinski definition) is 3. The van der Waals surface area contributed by atoms with Crippen LogP contribution in [0.25, 0.3) is 10.8 Å². The molecule has 4 nitrogen and oxygen atoms in total. The number of carboxylic acid groups (broad SMARTS) is 1. The largest absolute Gasteiger partial charge is 0.490 e. The Kier molecular flexibility index (Phi) is 6.96. The third-order valence-corrected chi connectivity index (χ3v) is 9.02. The fraction of sp³-hybridized carbons (Fsp3) is 0.621. The first-order valence-corrected chi connectivity index (χ1v) is 13.5. The van der Waals surface area contributed by atoms with Crippen molar-refractivity contribution in [3.8, 4) is 5.75 Å². The number of aliphatic carboxylic acids is 1. The van der Waals surface area contributed by atoms with Gasteiger partial charge in [0, 0.05) is 18.1 Å². The van der Waals surface area contributed by atoms with Gasteiger partial charge < -0.3 is 9.84 Å². The molecule has 2 aromatic rings. The molecule has 196 valence electrons. The Balaban J connectivity index is 1.45. The first kappa shape index (κ1) is 25.4. The van der Waals surface area contributed by atoms with Crippen LogP contribution in [0, 0.1) is 11.8 Å². The Morgan fingerprint density at radius 3 is 2.28 bits per heavy atom. The van der Waals surface area contributed by atoms with Gasteiger partial charge in [0.05, 0.1) is 12.0 Å². The molecule has 3 fully saturated rings. The quantitative estimate of drug-likeness (QED) is 0.441. The molecule has 0 aromatic heterocycles. The minimum Gasteiger partial charge on any atom is -0.490 e. The van der Waals surface area contributed by atoms with Crippen LogP contribution in [-0.2, 0) is 11.0 Å². The van der Waals surface area contributed by atoms with Crippen LogP contribution in [0.1, 0.15) is 88.8 Å². The standard InChI is InChI=1S/C29H36F3NO3/c1-3-18-4-11-24(12-5-18)36-26-13-8-19-6-7-20(16-25(19)27(26)29(30,31)32)17(2)33-22-9-10-23(33)15-21(14-22)28(34)35/h6-8,13,16-18,21-24H,3-5,9-12,14-15H2,1-2H3,(H,34,35)/t17-,18-,21?,22?,23?,24+/m0/s1. The van der Waals surface area contributed by atoms with Crippen molar-refractivity contribution in [3.63, 3.8) is 0 Å². The summed E-state index contributed by atoms with van der Waals surface area (Å²) in [6, 6.07) is 8.83. The van der Waals surface area contributed by atoms with Gasteiger partial charge in [-0.2, -0.15) is 13.2 Å². The zero-order valence-corrected chi connectivity index (χ0v) is 21.1. The maximum absolute atomic E-state index is 14.4. The van der Waals surface area contributed by atoms with Gasteiger partial charge in [0.1, 0.15) is 11.3 Å². The number of carboxylic acids is 1. The summed E-state index contributed by atoms with van der Waals surface area (Å²) in [4.78, 5) is 13.9. The second kappa shape index (κ2) is 9.88. The van der Waals surface area contributed by atoms with Gasteiger partial charge >= 0.3 is 12.1 Å². The van der Waals surface area contributed by atoms with E-state index in [1.807, 2.05) is 13.0 Å². The molecule has 5 rings (SSSR count). The highest BCUT2D eigenvalue weighted by Gasteiger charge is 2.45. The highest BCUT2D eigenvalue weighted by molar-refractivity contribution is 5.89. The lowest BCUT2D eigenvalue weighted by Crippen LogP contribution is -2.45. The predicted molar refractivity (Wildman–Crippen MR) is 133 cm³/mol. The van der Waals surface area contributed by atoms with Crippen LogP contribution >= 0.6 is 0 Å². The number of ether oxygens (including phenoxy) is 1. The summed E-state index contributed by atoms with van der Waals surface area (Å²) in [6.07, 6.45) is 3.07. The Labute approximate surface area is 210 Å². The van der Waals surface area contributed by atoms with Crippen molar-refractivity contribution >= 4 is 16.7 Å². The summed E-state index contributed by atoms with van der Waals surface area (Å²) >= 11 is 0. The number of alkyl halides is 3. The lowest BCUT2D eigenvalue weighted by atomic mass is 9.86. The minimum atomic E-state index is -4.53. The first-order valence-electron chi connectivity index (χ1n) is 13.5. The molecule has 2 heterocycles. The molecular formula is C29H36F3NO3. The fourth-order valence-electron chi connectivity index (χ4n) is 7.02. The van der Waals surface area contributed by atoms with Crippen LogP contribution in [0.4, 0.5) is 13.2 Å². The average molecular weight is 504 g/mol. The highest BCUT2D eigenvalue weighted by atomic mass is 19.4. The van der Waals surface area contributed by atoms with Gasteiger partial charge in [-0.15, -0.1) is 0 Å². The third-order valence-electron chi connectivity index (χ3n) is 9.02. The Morgan fingerprint density at radius 2 is 1.69 bits per heavy atom. The zero-order chi connectivity index (χ0) is 25.6. The molecule has 3 atom stereocenters. The van der Waals surface area contributed by atoms with Crippen LogP contribution in [0.15, 0.2) is 30.3 Å². The molecule has 1 aliphatic carbocycles. The molecular weight excluding hydrogens is 467 g/mol. The smallest absolute Gasteiger partial charge is 0.420 e. The molecule has 1 saturated carbocycles. The molecule has 2 aliphatic heterocycles. The van der Waals surface area contributed by atoms with Crippen molar-refractivity contribution in [1.82, 2.24) is 4.90 Å². The highest BCUT2D eigenvalue weighted by Crippen LogP contribution is 2.46. The molecule has 2 saturated heterocycles. The Hall–Kier alpha value is -2.28. The molecule has 2 bridgehead atoms. The van der Waals surface area contributed by atoms with E-state index in [2.05, 4.69) is 11.8 Å². The summed E-state index contributed by atoms with van der Waals surface area (Å²) in [5.41, 5.74) is 0.151. The van der Waals surface area contributed by atoms with E-state index in [9.17, 15) is 23.1 Å². The average Bonchev–Trinajstić information content (AvgIpc) is 3.11. The maximum Gasteiger partial charge on any atom is 0.420 e. The lowest BCUT2D eigenvalue weighted by Gasteiger charge is -2.41. The summed E-state index contributed by atoms with van der Waals surface area (Å²) < 4.78 is 49.4. The normalized spacial score (nSPS) is 29.9. The first-order chi connectivity index (χ1) is 17.2. The molecule has 36 heavy (non-hydrogen) atoms. The predicted octanol–water partition coefficient (Wildman–Crippen LogP) is 7.59. The summed E-state index contributed by atoms with van der Waals surface area (Å²) in [5, 5.41) is 10.2. The van der Waals surface area contributed by atoms with Crippen molar-refractivity contribution in [2.75, 3.05) is 0 Å². The third kappa shape index (κ3) is 4.83. The fourth-order valence-corrected chi connectivity index (χ4v) is 7.02. The molecule has 1 N–H and O–H groups in total. The molecule has 3 aliphatic rings. The van der Waals surface area contributed by atoms with Crippen molar-refractivity contribution in [3.05, 3.63) is 41.5 Å². The molecule has 2 unspecified atom stereocenters. The SMILES string of the molecule is CC[C@H]1CC[C@@H](Oc2ccc3ccc([C@H](C)N4C5CCC4CC(C(=O)O)C5)cc3c2C(F)(F)F)CC1. The number of rotatable bonds is 6. The zero-order valence-electron chi connectivity index (χ0n) is 21.1. The van der Waals surface area contributed by atoms with E-state index in [0.717, 1.165) is 50.5 Å². The van der Waals surface area contributed by atoms with E-state index in [1.165, 1.54) is 6.07 Å². The van der Waals surface area contributed by atoms with Gasteiger partial charge in [-0.05, 0) is 92.7 Å². The Morgan fingerprint density at radius 1 is 1.06 bits per heavy atom. The molecule has 0 spiro atoms. The van der Waals surface area contributed by atoms with Gasteiger partial charge in [0.15, 0.2) is 0 Å². The van der Waals surface area contributed by atoms with Crippen LogP contribution in [0.3, 0.4) is 0 Å². The number of benzene rings is 2. The molecule has 7 heteroatoms. The second-order valence-electron chi connectivity index (χ2n) is 11.1. The summed E-state index contributed by atoms with van der Waals surface area (Å²) in [5.74, 6) is -0.493. The van der Waals surface area contributed by atoms with E-state index in [0.29, 0.717) is 24.1 Å². The van der Waals surface area contributed by atoms with E-state index in [4.69, 9.17) is 4.74 Å². The van der Waals surface area contributed by atoms with Crippen molar-refractivity contribution < 1.29 is 27.8 Å². The van der Waals surface area contributed by atoms with Crippen LogP contribution in [0.2, 0.25) is 0 Å². The van der Waals surface area contributed by atoms with E-state index >= 15 is 0 Å². The van der Waals surface area contributed by atoms with Crippen molar-refractivity contribution in [2.45, 2.75) is 102 Å². The van der Waals surface area contributed by atoms with Crippen molar-refractivity contribution in [2.24, 2.45) is 11.8 Å². The monoisotopic (exact) mass is 503 g/mol. The van der Waals surface area contributed by atoms with Gasteiger partial charge in [0.2, 0.25) is 0 Å². The number of fused-ring (bicyclic) bond motifs is 3. The second-order valence-corrected chi connectivity index (χ2v) is 11.1. The summed E-state index contributed by atoms with van der Waals surface area (Å²) in [7, 11) is 0. The van der Waals surface area contributed by atoms with E-state index in [1.54, 1.807) is 18.2 Å². The van der Waals surface area contributed by atoms with Crippen LogP contribution in [0.5, 0.6) is 5.75 Å². The number of carbonyl (C=O) groups is 1. The van der Waals surface area contributed by atoms with Gasteiger partial charge in [0.25, 0.3) is 0 Å². The van der Waals surface area contributed by atoms with Crippen LogP contribution in [-0.4, -0.2) is 34.2 Å². The molecule has 0 radical (unpaired) electrons. The van der Waals surface area contributed by atoms with Gasteiger partial charge in [-0.25, -0.2) is 0 Å². The summed E-state index contributed by atoms with van der Waals surface area (Å²) in [6.45, 7) is 4.20. The van der Waals surface area contributed by atoms with Gasteiger partial charge in [-0.1, -0.05) is 31.5 Å².